The standard InChI is InChI=1S/C17H24N2O/c1-3-15-7-8-17(13(15)2)19-12-14-5-4-6-16(11-14)20-10-9-18/h4-6,11,13,15,17,19H,3,7-8,10,12H2,1-2H3. The van der Waals surface area contributed by atoms with Gasteiger partial charge in [0.05, 0.1) is 0 Å². The first-order valence-corrected chi connectivity index (χ1v) is 7.56. The van der Waals surface area contributed by atoms with Crippen LogP contribution in [0.5, 0.6) is 5.75 Å². The van der Waals surface area contributed by atoms with Gasteiger partial charge in [0.25, 0.3) is 0 Å². The second-order valence-corrected chi connectivity index (χ2v) is 5.69. The fourth-order valence-electron chi connectivity index (χ4n) is 3.22. The molecule has 1 fully saturated rings. The van der Waals surface area contributed by atoms with Gasteiger partial charge in [-0.05, 0) is 42.4 Å². The lowest BCUT2D eigenvalue weighted by atomic mass is 9.93. The number of nitrogens with one attached hydrogen (secondary N) is 1. The number of rotatable bonds is 6. The van der Waals surface area contributed by atoms with E-state index >= 15 is 0 Å². The van der Waals surface area contributed by atoms with Gasteiger partial charge in [-0.25, -0.2) is 0 Å². The second-order valence-electron chi connectivity index (χ2n) is 5.69. The average molecular weight is 272 g/mol. The first-order valence-electron chi connectivity index (χ1n) is 7.56. The van der Waals surface area contributed by atoms with Crippen molar-refractivity contribution < 1.29 is 4.74 Å². The van der Waals surface area contributed by atoms with Crippen molar-refractivity contribution in [1.82, 2.24) is 5.32 Å². The molecular weight excluding hydrogens is 248 g/mol. The van der Waals surface area contributed by atoms with Crippen molar-refractivity contribution >= 4 is 0 Å². The van der Waals surface area contributed by atoms with Gasteiger partial charge in [0.1, 0.15) is 11.8 Å². The van der Waals surface area contributed by atoms with Crippen LogP contribution in [0.25, 0.3) is 0 Å². The molecule has 1 aromatic rings. The van der Waals surface area contributed by atoms with E-state index in [0.29, 0.717) is 6.04 Å². The molecule has 3 heteroatoms. The number of nitriles is 1. The summed E-state index contributed by atoms with van der Waals surface area (Å²) in [5.74, 6) is 2.41. The summed E-state index contributed by atoms with van der Waals surface area (Å²) in [5.41, 5.74) is 1.22. The minimum Gasteiger partial charge on any atom is -0.479 e. The highest BCUT2D eigenvalue weighted by Crippen LogP contribution is 2.34. The van der Waals surface area contributed by atoms with Gasteiger partial charge in [0, 0.05) is 12.6 Å². The minimum absolute atomic E-state index is 0.106. The molecule has 0 spiro atoms. The van der Waals surface area contributed by atoms with Gasteiger partial charge < -0.3 is 10.1 Å². The summed E-state index contributed by atoms with van der Waals surface area (Å²) >= 11 is 0. The summed E-state index contributed by atoms with van der Waals surface area (Å²) in [7, 11) is 0. The Labute approximate surface area is 121 Å². The van der Waals surface area contributed by atoms with Crippen molar-refractivity contribution in [2.45, 2.75) is 45.7 Å². The summed E-state index contributed by atoms with van der Waals surface area (Å²) in [5, 5.41) is 12.2. The zero-order chi connectivity index (χ0) is 14.4. The van der Waals surface area contributed by atoms with E-state index in [0.717, 1.165) is 24.1 Å². The van der Waals surface area contributed by atoms with E-state index in [-0.39, 0.29) is 6.61 Å². The largest absolute Gasteiger partial charge is 0.479 e. The van der Waals surface area contributed by atoms with Gasteiger partial charge in [-0.1, -0.05) is 32.4 Å². The van der Waals surface area contributed by atoms with Crippen LogP contribution in [-0.2, 0) is 6.54 Å². The molecule has 1 saturated carbocycles. The topological polar surface area (TPSA) is 45.0 Å². The zero-order valence-corrected chi connectivity index (χ0v) is 12.4. The summed E-state index contributed by atoms with van der Waals surface area (Å²) in [6.45, 7) is 5.63. The predicted molar refractivity (Wildman–Crippen MR) is 80.4 cm³/mol. The normalized spacial score (nSPS) is 25.4. The molecule has 0 radical (unpaired) electrons. The molecule has 0 bridgehead atoms. The third kappa shape index (κ3) is 3.74. The summed E-state index contributed by atoms with van der Waals surface area (Å²) in [4.78, 5) is 0. The smallest absolute Gasteiger partial charge is 0.174 e. The highest BCUT2D eigenvalue weighted by molar-refractivity contribution is 5.28. The van der Waals surface area contributed by atoms with Crippen LogP contribution >= 0.6 is 0 Å². The zero-order valence-electron chi connectivity index (χ0n) is 12.4. The van der Waals surface area contributed by atoms with Crippen LogP contribution in [0.4, 0.5) is 0 Å². The van der Waals surface area contributed by atoms with Crippen molar-refractivity contribution in [2.75, 3.05) is 6.61 Å². The van der Waals surface area contributed by atoms with E-state index in [1.807, 2.05) is 24.3 Å². The van der Waals surface area contributed by atoms with E-state index in [9.17, 15) is 0 Å². The molecule has 20 heavy (non-hydrogen) atoms. The molecule has 3 nitrogen and oxygen atoms in total. The first kappa shape index (κ1) is 14.9. The van der Waals surface area contributed by atoms with Crippen molar-refractivity contribution in [2.24, 2.45) is 11.8 Å². The van der Waals surface area contributed by atoms with Crippen LogP contribution in [0.15, 0.2) is 24.3 Å². The molecule has 108 valence electrons. The minimum atomic E-state index is 0.106. The molecule has 1 aliphatic carbocycles. The van der Waals surface area contributed by atoms with Gasteiger partial charge in [-0.3, -0.25) is 0 Å². The Morgan fingerprint density at radius 2 is 2.25 bits per heavy atom. The Balaban J connectivity index is 1.86. The quantitative estimate of drug-likeness (QED) is 0.862. The van der Waals surface area contributed by atoms with E-state index in [1.54, 1.807) is 0 Å². The van der Waals surface area contributed by atoms with Gasteiger partial charge in [-0.15, -0.1) is 0 Å². The maximum atomic E-state index is 8.53. The molecule has 1 aromatic carbocycles. The molecule has 0 aliphatic heterocycles. The first-order chi connectivity index (χ1) is 9.74. The van der Waals surface area contributed by atoms with Crippen LogP contribution in [0.1, 0.15) is 38.7 Å². The van der Waals surface area contributed by atoms with Crippen LogP contribution in [-0.4, -0.2) is 12.6 Å². The lowest BCUT2D eigenvalue weighted by Gasteiger charge is -2.21. The average Bonchev–Trinajstić information content (AvgIpc) is 2.84. The second kappa shape index (κ2) is 7.31. The number of ether oxygens (including phenoxy) is 1. The number of benzene rings is 1. The molecule has 1 aliphatic rings. The van der Waals surface area contributed by atoms with E-state index in [1.165, 1.54) is 24.8 Å². The molecule has 3 atom stereocenters. The highest BCUT2D eigenvalue weighted by atomic mass is 16.5. The summed E-state index contributed by atoms with van der Waals surface area (Å²) < 4.78 is 5.33. The van der Waals surface area contributed by atoms with Crippen LogP contribution in [0, 0.1) is 23.2 Å². The summed E-state index contributed by atoms with van der Waals surface area (Å²) in [6.07, 6.45) is 3.92. The number of hydrogen-bond acceptors (Lipinski definition) is 3. The molecule has 3 unspecified atom stereocenters. The molecule has 0 amide bonds. The fourth-order valence-corrected chi connectivity index (χ4v) is 3.22. The highest BCUT2D eigenvalue weighted by Gasteiger charge is 2.30. The Kier molecular flexibility index (Phi) is 5.43. The summed E-state index contributed by atoms with van der Waals surface area (Å²) in [6, 6.07) is 10.6. The number of nitrogens with zero attached hydrogens (tertiary/aromatic N) is 1. The molecule has 0 heterocycles. The Morgan fingerprint density at radius 3 is 2.95 bits per heavy atom. The molecule has 1 N–H and O–H groups in total. The van der Waals surface area contributed by atoms with E-state index in [4.69, 9.17) is 10.00 Å². The Bertz CT molecular complexity index is 466. The van der Waals surface area contributed by atoms with Crippen molar-refractivity contribution in [3.05, 3.63) is 29.8 Å². The van der Waals surface area contributed by atoms with Gasteiger partial charge in [-0.2, -0.15) is 5.26 Å². The van der Waals surface area contributed by atoms with Crippen LogP contribution < -0.4 is 10.1 Å². The van der Waals surface area contributed by atoms with E-state index < -0.39 is 0 Å². The van der Waals surface area contributed by atoms with Gasteiger partial charge >= 0.3 is 0 Å². The van der Waals surface area contributed by atoms with E-state index in [2.05, 4.69) is 25.2 Å². The molecule has 0 saturated heterocycles. The van der Waals surface area contributed by atoms with Gasteiger partial charge in [0.15, 0.2) is 6.61 Å². The third-order valence-corrected chi connectivity index (χ3v) is 4.52. The molecule has 2 rings (SSSR count). The predicted octanol–water partition coefficient (Wildman–Crippen LogP) is 3.50. The van der Waals surface area contributed by atoms with Crippen molar-refractivity contribution in [3.63, 3.8) is 0 Å². The van der Waals surface area contributed by atoms with Crippen LogP contribution in [0.3, 0.4) is 0 Å². The molecule has 0 aromatic heterocycles. The maximum Gasteiger partial charge on any atom is 0.174 e. The molecular formula is C17H24N2O. The van der Waals surface area contributed by atoms with Crippen molar-refractivity contribution in [3.8, 4) is 11.8 Å². The number of hydrogen-bond donors (Lipinski definition) is 1. The Hall–Kier alpha value is -1.53. The SMILES string of the molecule is CCC1CCC(NCc2cccc(OCC#N)c2)C1C. The third-order valence-electron chi connectivity index (χ3n) is 4.52. The lowest BCUT2D eigenvalue weighted by molar-refractivity contribution is 0.343. The fraction of sp³-hybridized carbons (Fsp3) is 0.588. The van der Waals surface area contributed by atoms with Gasteiger partial charge in [0.2, 0.25) is 0 Å². The maximum absolute atomic E-state index is 8.53. The lowest BCUT2D eigenvalue weighted by Crippen LogP contribution is -2.32. The van der Waals surface area contributed by atoms with Crippen molar-refractivity contribution in [1.29, 1.82) is 5.26 Å². The monoisotopic (exact) mass is 272 g/mol. The Morgan fingerprint density at radius 1 is 1.40 bits per heavy atom. The van der Waals surface area contributed by atoms with Crippen LogP contribution in [0.2, 0.25) is 0 Å².